The highest BCUT2D eigenvalue weighted by Gasteiger charge is 2.18. The van der Waals surface area contributed by atoms with Crippen LogP contribution in [0.3, 0.4) is 0 Å². The van der Waals surface area contributed by atoms with Gasteiger partial charge in [-0.1, -0.05) is 13.8 Å². The van der Waals surface area contributed by atoms with Gasteiger partial charge in [0.2, 0.25) is 10.0 Å². The van der Waals surface area contributed by atoms with Gasteiger partial charge < -0.3 is 9.47 Å². The number of benzene rings is 1. The Morgan fingerprint density at radius 2 is 2.00 bits per heavy atom. The monoisotopic (exact) mass is 315 g/mol. The molecule has 0 unspecified atom stereocenters. The summed E-state index contributed by atoms with van der Waals surface area (Å²) >= 11 is 0. The Bertz CT molecular complexity index is 595. The van der Waals surface area contributed by atoms with Gasteiger partial charge >= 0.3 is 5.97 Å². The molecule has 0 aliphatic carbocycles. The smallest absolute Gasteiger partial charge is 0.338 e. The highest BCUT2D eigenvalue weighted by molar-refractivity contribution is 7.89. The molecule has 0 aliphatic rings. The largest absolute Gasteiger partial charge is 0.495 e. The molecule has 1 aromatic rings. The summed E-state index contributed by atoms with van der Waals surface area (Å²) in [6.45, 7) is 4.47. The van der Waals surface area contributed by atoms with E-state index in [-0.39, 0.29) is 16.2 Å². The number of esters is 1. The number of primary sulfonamides is 1. The van der Waals surface area contributed by atoms with Gasteiger partial charge in [-0.3, -0.25) is 0 Å². The van der Waals surface area contributed by atoms with Crippen LogP contribution in [-0.2, 0) is 14.8 Å². The van der Waals surface area contributed by atoms with E-state index in [2.05, 4.69) is 13.8 Å². The molecule has 2 N–H and O–H groups in total. The third-order valence-corrected chi connectivity index (χ3v) is 3.80. The third-order valence-electron chi connectivity index (χ3n) is 2.86. The van der Waals surface area contributed by atoms with Crippen molar-refractivity contribution in [3.05, 3.63) is 23.8 Å². The maximum Gasteiger partial charge on any atom is 0.338 e. The SMILES string of the molecule is COc1ccc(C(=O)OCCCC(C)C)cc1S(N)(=O)=O. The van der Waals surface area contributed by atoms with Crippen molar-refractivity contribution in [3.63, 3.8) is 0 Å². The van der Waals surface area contributed by atoms with Gasteiger partial charge in [-0.15, -0.1) is 0 Å². The summed E-state index contributed by atoms with van der Waals surface area (Å²) in [5.41, 5.74) is 0.129. The molecule has 0 spiro atoms. The van der Waals surface area contributed by atoms with Gasteiger partial charge in [0.25, 0.3) is 0 Å². The van der Waals surface area contributed by atoms with E-state index in [1.807, 2.05) is 0 Å². The Labute approximate surface area is 125 Å². The highest BCUT2D eigenvalue weighted by atomic mass is 32.2. The average molecular weight is 315 g/mol. The van der Waals surface area contributed by atoms with Crippen LogP contribution in [0.2, 0.25) is 0 Å². The lowest BCUT2D eigenvalue weighted by Crippen LogP contribution is -2.15. The normalized spacial score (nSPS) is 11.5. The molecule has 1 aromatic carbocycles. The van der Waals surface area contributed by atoms with Gasteiger partial charge in [-0.05, 0) is 37.0 Å². The van der Waals surface area contributed by atoms with Gasteiger partial charge in [-0.25, -0.2) is 18.4 Å². The molecule has 0 atom stereocenters. The Balaban J connectivity index is 2.82. The van der Waals surface area contributed by atoms with Crippen LogP contribution in [0.4, 0.5) is 0 Å². The molecule has 0 aliphatic heterocycles. The first-order valence-corrected chi connectivity index (χ1v) is 8.18. The Morgan fingerprint density at radius 3 is 2.52 bits per heavy atom. The molecule has 118 valence electrons. The zero-order chi connectivity index (χ0) is 16.0. The lowest BCUT2D eigenvalue weighted by Gasteiger charge is -2.10. The average Bonchev–Trinajstić information content (AvgIpc) is 2.41. The van der Waals surface area contributed by atoms with Crippen molar-refractivity contribution in [1.82, 2.24) is 0 Å². The molecular formula is C14H21NO5S. The van der Waals surface area contributed by atoms with Crippen molar-refractivity contribution in [3.8, 4) is 5.75 Å². The zero-order valence-electron chi connectivity index (χ0n) is 12.5. The fraction of sp³-hybridized carbons (Fsp3) is 0.500. The predicted molar refractivity (Wildman–Crippen MR) is 78.7 cm³/mol. The standard InChI is InChI=1S/C14H21NO5S/c1-10(2)5-4-8-20-14(16)11-6-7-12(19-3)13(9-11)21(15,17)18/h6-7,9-10H,4-5,8H2,1-3H3,(H2,15,17,18). The van der Waals surface area contributed by atoms with E-state index >= 15 is 0 Å². The second kappa shape index (κ2) is 7.42. The van der Waals surface area contributed by atoms with Crippen LogP contribution in [0.5, 0.6) is 5.75 Å². The first kappa shape index (κ1) is 17.5. The number of sulfonamides is 1. The van der Waals surface area contributed by atoms with Crippen LogP contribution in [-0.4, -0.2) is 28.1 Å². The molecule has 0 heterocycles. The molecule has 0 saturated carbocycles. The van der Waals surface area contributed by atoms with E-state index in [0.29, 0.717) is 12.5 Å². The van der Waals surface area contributed by atoms with E-state index in [4.69, 9.17) is 14.6 Å². The minimum absolute atomic E-state index is 0.0915. The van der Waals surface area contributed by atoms with Crippen LogP contribution in [0.25, 0.3) is 0 Å². The summed E-state index contributed by atoms with van der Waals surface area (Å²) < 4.78 is 33.0. The van der Waals surface area contributed by atoms with E-state index in [1.165, 1.54) is 25.3 Å². The molecule has 0 bridgehead atoms. The predicted octanol–water partition coefficient (Wildman–Crippen LogP) is 1.94. The number of carbonyl (C=O) groups excluding carboxylic acids is 1. The maximum atomic E-state index is 11.9. The highest BCUT2D eigenvalue weighted by Crippen LogP contribution is 2.24. The molecule has 6 nitrogen and oxygen atoms in total. The first-order valence-electron chi connectivity index (χ1n) is 6.63. The molecule has 1 rings (SSSR count). The Hall–Kier alpha value is -1.60. The van der Waals surface area contributed by atoms with E-state index in [0.717, 1.165) is 12.8 Å². The second-order valence-corrected chi connectivity index (χ2v) is 6.61. The van der Waals surface area contributed by atoms with E-state index < -0.39 is 16.0 Å². The minimum Gasteiger partial charge on any atom is -0.495 e. The van der Waals surface area contributed by atoms with Crippen molar-refractivity contribution >= 4 is 16.0 Å². The van der Waals surface area contributed by atoms with Gasteiger partial charge in [0, 0.05) is 0 Å². The Kier molecular flexibility index (Phi) is 6.17. The lowest BCUT2D eigenvalue weighted by molar-refractivity contribution is 0.0494. The lowest BCUT2D eigenvalue weighted by atomic mass is 10.1. The number of methoxy groups -OCH3 is 1. The summed E-state index contributed by atoms with van der Waals surface area (Å²) in [5, 5.41) is 5.10. The summed E-state index contributed by atoms with van der Waals surface area (Å²) in [7, 11) is -2.64. The summed E-state index contributed by atoms with van der Waals surface area (Å²) in [6.07, 6.45) is 1.72. The quantitative estimate of drug-likeness (QED) is 0.612. The topological polar surface area (TPSA) is 95.7 Å². The van der Waals surface area contributed by atoms with Crippen molar-refractivity contribution in [1.29, 1.82) is 0 Å². The van der Waals surface area contributed by atoms with Crippen LogP contribution >= 0.6 is 0 Å². The van der Waals surface area contributed by atoms with Crippen LogP contribution in [0.1, 0.15) is 37.0 Å². The molecule has 0 aromatic heterocycles. The summed E-state index contributed by atoms with van der Waals surface area (Å²) in [4.78, 5) is 11.6. The van der Waals surface area contributed by atoms with Gasteiger partial charge in [-0.2, -0.15) is 0 Å². The molecule has 0 radical (unpaired) electrons. The third kappa shape index (κ3) is 5.35. The number of hydrogen-bond donors (Lipinski definition) is 1. The molecule has 0 amide bonds. The van der Waals surface area contributed by atoms with Crippen molar-refractivity contribution in [2.24, 2.45) is 11.1 Å². The fourth-order valence-corrected chi connectivity index (χ4v) is 2.49. The number of rotatable bonds is 7. The second-order valence-electron chi connectivity index (χ2n) is 5.08. The van der Waals surface area contributed by atoms with Crippen LogP contribution < -0.4 is 9.88 Å². The molecule has 0 saturated heterocycles. The van der Waals surface area contributed by atoms with Gasteiger partial charge in [0.1, 0.15) is 10.6 Å². The van der Waals surface area contributed by atoms with Crippen molar-refractivity contribution in [2.45, 2.75) is 31.6 Å². The number of hydrogen-bond acceptors (Lipinski definition) is 5. The van der Waals surface area contributed by atoms with Crippen LogP contribution in [0, 0.1) is 5.92 Å². The molecule has 0 fully saturated rings. The number of ether oxygens (including phenoxy) is 2. The summed E-state index contributed by atoms with van der Waals surface area (Å²) in [5.74, 6) is 0.0545. The maximum absolute atomic E-state index is 11.9. The molecule has 7 heteroatoms. The molecular weight excluding hydrogens is 294 g/mol. The zero-order valence-corrected chi connectivity index (χ0v) is 13.3. The first-order chi connectivity index (χ1) is 9.75. The van der Waals surface area contributed by atoms with E-state index in [9.17, 15) is 13.2 Å². The Morgan fingerprint density at radius 1 is 1.33 bits per heavy atom. The molecule has 21 heavy (non-hydrogen) atoms. The number of carbonyl (C=O) groups is 1. The number of nitrogens with two attached hydrogens (primary N) is 1. The van der Waals surface area contributed by atoms with Gasteiger partial charge in [0.15, 0.2) is 0 Å². The fourth-order valence-electron chi connectivity index (χ4n) is 1.77. The minimum atomic E-state index is -3.97. The van der Waals surface area contributed by atoms with Crippen molar-refractivity contribution in [2.75, 3.05) is 13.7 Å². The van der Waals surface area contributed by atoms with E-state index in [1.54, 1.807) is 0 Å². The van der Waals surface area contributed by atoms with Crippen LogP contribution in [0.15, 0.2) is 23.1 Å². The summed E-state index contributed by atoms with van der Waals surface area (Å²) in [6, 6.07) is 3.99. The van der Waals surface area contributed by atoms with Crippen molar-refractivity contribution < 1.29 is 22.7 Å². The van der Waals surface area contributed by atoms with Gasteiger partial charge in [0.05, 0.1) is 19.3 Å².